The van der Waals surface area contributed by atoms with Crippen LogP contribution in [0.3, 0.4) is 0 Å². The summed E-state index contributed by atoms with van der Waals surface area (Å²) in [5.74, 6) is -1.88. The van der Waals surface area contributed by atoms with Crippen molar-refractivity contribution in [3.05, 3.63) is 23.8 Å². The molecule has 0 aliphatic carbocycles. The number of carbonyl (C=O) groups excluding carboxylic acids is 1. The number of phenols is 2. The zero-order valence-electron chi connectivity index (χ0n) is 10.9. The van der Waals surface area contributed by atoms with Gasteiger partial charge in [-0.25, -0.2) is 4.79 Å². The maximum absolute atomic E-state index is 12.1. The van der Waals surface area contributed by atoms with Crippen molar-refractivity contribution in [2.45, 2.75) is 12.5 Å². The lowest BCUT2D eigenvalue weighted by Gasteiger charge is -2.47. The number of nitrogens with zero attached hydrogens (tertiary/aromatic N) is 1. The van der Waals surface area contributed by atoms with E-state index in [1.807, 2.05) is 0 Å². The molecule has 1 amide bonds. The third kappa shape index (κ3) is 2.83. The van der Waals surface area contributed by atoms with E-state index in [9.17, 15) is 19.8 Å². The Bertz CT molecular complexity index is 550. The molecule has 1 saturated heterocycles. The first-order valence-electron chi connectivity index (χ1n) is 5.98. The minimum absolute atomic E-state index is 0.0862. The highest BCUT2D eigenvalue weighted by Crippen LogP contribution is 2.30. The standard InChI is InChI=1S/C13H15NO6/c1-13(20-5-11(17)18)6-14(7-13)12(19)9-3-2-8(15)4-10(9)16/h2-4,15-16H,5-7H2,1H3,(H,17,18). The largest absolute Gasteiger partial charge is 0.508 e. The van der Waals surface area contributed by atoms with Gasteiger partial charge in [-0.05, 0) is 19.1 Å². The average Bonchev–Trinajstić information content (AvgIpc) is 2.32. The van der Waals surface area contributed by atoms with E-state index in [4.69, 9.17) is 9.84 Å². The maximum atomic E-state index is 12.1. The van der Waals surface area contributed by atoms with Crippen LogP contribution < -0.4 is 0 Å². The maximum Gasteiger partial charge on any atom is 0.329 e. The van der Waals surface area contributed by atoms with Gasteiger partial charge in [0, 0.05) is 6.07 Å². The third-order valence-electron chi connectivity index (χ3n) is 3.09. The SMILES string of the molecule is CC1(OCC(=O)O)CN(C(=O)c2ccc(O)cc2O)C1. The van der Waals surface area contributed by atoms with Crippen LogP contribution in [0.1, 0.15) is 17.3 Å². The molecule has 1 heterocycles. The normalized spacial score (nSPS) is 16.6. The smallest absolute Gasteiger partial charge is 0.329 e. The highest BCUT2D eigenvalue weighted by Gasteiger charge is 2.43. The van der Waals surface area contributed by atoms with Crippen LogP contribution in [0.15, 0.2) is 18.2 Å². The fourth-order valence-corrected chi connectivity index (χ4v) is 2.10. The van der Waals surface area contributed by atoms with Crippen LogP contribution in [0.4, 0.5) is 0 Å². The van der Waals surface area contributed by atoms with Gasteiger partial charge in [-0.1, -0.05) is 0 Å². The Morgan fingerprint density at radius 2 is 2.00 bits per heavy atom. The molecule has 1 aliphatic rings. The number of hydrogen-bond donors (Lipinski definition) is 3. The fraction of sp³-hybridized carbons (Fsp3) is 0.385. The van der Waals surface area contributed by atoms with E-state index in [2.05, 4.69) is 0 Å². The minimum atomic E-state index is -1.06. The average molecular weight is 281 g/mol. The van der Waals surface area contributed by atoms with Crippen molar-refractivity contribution >= 4 is 11.9 Å². The number of likely N-dealkylation sites (tertiary alicyclic amines) is 1. The van der Waals surface area contributed by atoms with Crippen LogP contribution in [0.5, 0.6) is 11.5 Å². The number of hydrogen-bond acceptors (Lipinski definition) is 5. The molecule has 1 aromatic rings. The molecular weight excluding hydrogens is 266 g/mol. The topological polar surface area (TPSA) is 107 Å². The summed E-state index contributed by atoms with van der Waals surface area (Å²) in [5.41, 5.74) is -0.594. The van der Waals surface area contributed by atoms with E-state index in [-0.39, 0.29) is 36.1 Å². The van der Waals surface area contributed by atoms with E-state index in [1.54, 1.807) is 6.92 Å². The lowest BCUT2D eigenvalue weighted by molar-refractivity contribution is -0.159. The van der Waals surface area contributed by atoms with Crippen LogP contribution in [0, 0.1) is 0 Å². The molecule has 0 bridgehead atoms. The zero-order valence-corrected chi connectivity index (χ0v) is 10.9. The van der Waals surface area contributed by atoms with Gasteiger partial charge in [0.15, 0.2) is 0 Å². The Hall–Kier alpha value is -2.28. The Morgan fingerprint density at radius 1 is 1.35 bits per heavy atom. The van der Waals surface area contributed by atoms with Gasteiger partial charge in [-0.3, -0.25) is 4.79 Å². The van der Waals surface area contributed by atoms with Gasteiger partial charge in [0.1, 0.15) is 23.7 Å². The number of amides is 1. The Morgan fingerprint density at radius 3 is 2.55 bits per heavy atom. The van der Waals surface area contributed by atoms with Crippen molar-refractivity contribution in [1.29, 1.82) is 0 Å². The van der Waals surface area contributed by atoms with E-state index >= 15 is 0 Å². The molecule has 7 nitrogen and oxygen atoms in total. The molecule has 1 aromatic carbocycles. The molecule has 108 valence electrons. The first-order chi connectivity index (χ1) is 9.31. The summed E-state index contributed by atoms with van der Waals surface area (Å²) in [4.78, 5) is 24.0. The summed E-state index contributed by atoms with van der Waals surface area (Å²) < 4.78 is 5.20. The van der Waals surface area contributed by atoms with Crippen molar-refractivity contribution in [2.75, 3.05) is 19.7 Å². The summed E-state index contributed by atoms with van der Waals surface area (Å²) in [6.07, 6.45) is 0. The second-order valence-electron chi connectivity index (χ2n) is 4.99. The van der Waals surface area contributed by atoms with Crippen LogP contribution in [-0.4, -0.2) is 57.4 Å². The van der Waals surface area contributed by atoms with E-state index in [0.29, 0.717) is 0 Å². The number of carbonyl (C=O) groups is 2. The van der Waals surface area contributed by atoms with Gasteiger partial charge in [0.25, 0.3) is 5.91 Å². The molecule has 2 rings (SSSR count). The highest BCUT2D eigenvalue weighted by molar-refractivity contribution is 5.97. The van der Waals surface area contributed by atoms with Crippen molar-refractivity contribution in [3.63, 3.8) is 0 Å². The predicted molar refractivity (Wildman–Crippen MR) is 67.7 cm³/mol. The fourth-order valence-electron chi connectivity index (χ4n) is 2.10. The highest BCUT2D eigenvalue weighted by atomic mass is 16.5. The first-order valence-corrected chi connectivity index (χ1v) is 5.98. The Balaban J connectivity index is 1.98. The van der Waals surface area contributed by atoms with Crippen molar-refractivity contribution in [1.82, 2.24) is 4.90 Å². The van der Waals surface area contributed by atoms with Gasteiger partial charge in [-0.2, -0.15) is 0 Å². The van der Waals surface area contributed by atoms with Gasteiger partial charge >= 0.3 is 5.97 Å². The van der Waals surface area contributed by atoms with Gasteiger partial charge in [0.2, 0.25) is 0 Å². The molecule has 20 heavy (non-hydrogen) atoms. The molecular formula is C13H15NO6. The molecule has 0 spiro atoms. The van der Waals surface area contributed by atoms with E-state index in [1.165, 1.54) is 17.0 Å². The van der Waals surface area contributed by atoms with Gasteiger partial charge in [-0.15, -0.1) is 0 Å². The second-order valence-corrected chi connectivity index (χ2v) is 4.99. The van der Waals surface area contributed by atoms with Gasteiger partial charge in [0.05, 0.1) is 18.7 Å². The molecule has 0 atom stereocenters. The van der Waals surface area contributed by atoms with E-state index < -0.39 is 18.2 Å². The number of carboxylic acids is 1. The summed E-state index contributed by atoms with van der Waals surface area (Å²) in [5, 5.41) is 27.3. The lowest BCUT2D eigenvalue weighted by Crippen LogP contribution is -2.63. The predicted octanol–water partition coefficient (Wildman–Crippen LogP) is 0.413. The monoisotopic (exact) mass is 281 g/mol. The summed E-state index contributed by atoms with van der Waals surface area (Å²) in [6.45, 7) is 1.80. The number of rotatable bonds is 4. The Labute approximate surface area is 115 Å². The summed E-state index contributed by atoms with van der Waals surface area (Å²) >= 11 is 0. The van der Waals surface area contributed by atoms with Crippen LogP contribution in [0.25, 0.3) is 0 Å². The first kappa shape index (κ1) is 14.1. The minimum Gasteiger partial charge on any atom is -0.508 e. The number of carboxylic acid groups (broad SMARTS) is 1. The molecule has 0 saturated carbocycles. The number of phenolic OH excluding ortho intramolecular Hbond substituents is 2. The summed E-state index contributed by atoms with van der Waals surface area (Å²) in [7, 11) is 0. The molecule has 7 heteroatoms. The molecule has 0 unspecified atom stereocenters. The summed E-state index contributed by atoms with van der Waals surface area (Å²) in [6, 6.07) is 3.74. The van der Waals surface area contributed by atoms with Crippen LogP contribution in [-0.2, 0) is 9.53 Å². The third-order valence-corrected chi connectivity index (χ3v) is 3.09. The van der Waals surface area contributed by atoms with Crippen LogP contribution in [0.2, 0.25) is 0 Å². The molecule has 0 aromatic heterocycles. The molecule has 3 N–H and O–H groups in total. The lowest BCUT2D eigenvalue weighted by atomic mass is 9.95. The quantitative estimate of drug-likeness (QED) is 0.738. The molecule has 1 aliphatic heterocycles. The zero-order chi connectivity index (χ0) is 14.9. The number of ether oxygens (including phenoxy) is 1. The number of aliphatic carboxylic acids is 1. The van der Waals surface area contributed by atoms with Crippen molar-refractivity contribution in [3.8, 4) is 11.5 Å². The van der Waals surface area contributed by atoms with Crippen LogP contribution >= 0.6 is 0 Å². The number of benzene rings is 1. The molecule has 1 fully saturated rings. The van der Waals surface area contributed by atoms with E-state index in [0.717, 1.165) is 6.07 Å². The Kier molecular flexibility index (Phi) is 3.54. The van der Waals surface area contributed by atoms with Gasteiger partial charge < -0.3 is 25.0 Å². The molecule has 0 radical (unpaired) electrons. The van der Waals surface area contributed by atoms with Crippen molar-refractivity contribution in [2.24, 2.45) is 0 Å². The number of aromatic hydroxyl groups is 2. The van der Waals surface area contributed by atoms with Crippen molar-refractivity contribution < 1.29 is 29.6 Å². The second kappa shape index (κ2) is 5.01.